The van der Waals surface area contributed by atoms with Gasteiger partial charge in [0.1, 0.15) is 6.04 Å². The van der Waals surface area contributed by atoms with Gasteiger partial charge in [0.15, 0.2) is 0 Å². The Kier molecular flexibility index (Phi) is 5.30. The smallest absolute Gasteiger partial charge is 0.326 e. The first-order chi connectivity index (χ1) is 8.95. The van der Waals surface area contributed by atoms with Gasteiger partial charge in [-0.1, -0.05) is 36.8 Å². The highest BCUT2D eigenvalue weighted by Crippen LogP contribution is 2.07. The average molecular weight is 261 g/mol. The largest absolute Gasteiger partial charge is 0.480 e. The van der Waals surface area contributed by atoms with E-state index in [2.05, 4.69) is 0 Å². The SMILES string of the molecule is CCC(C(=O)O)N(C)C(=O)C=Cc1ccc(C)cc1. The molecule has 0 aromatic heterocycles. The van der Waals surface area contributed by atoms with E-state index in [1.165, 1.54) is 18.0 Å². The first-order valence-corrected chi connectivity index (χ1v) is 6.20. The minimum absolute atomic E-state index is 0.310. The Labute approximate surface area is 113 Å². The van der Waals surface area contributed by atoms with E-state index in [9.17, 15) is 9.59 Å². The number of carboxylic acid groups (broad SMARTS) is 1. The third-order valence-corrected chi connectivity index (χ3v) is 2.98. The van der Waals surface area contributed by atoms with Crippen molar-refractivity contribution in [3.8, 4) is 0 Å². The third-order valence-electron chi connectivity index (χ3n) is 2.98. The number of carbonyl (C=O) groups is 2. The molecule has 0 saturated carbocycles. The number of nitrogens with zero attached hydrogens (tertiary/aromatic N) is 1. The van der Waals surface area contributed by atoms with E-state index in [-0.39, 0.29) is 5.91 Å². The van der Waals surface area contributed by atoms with Crippen LogP contribution in [0.25, 0.3) is 6.08 Å². The van der Waals surface area contributed by atoms with Crippen LogP contribution in [0.4, 0.5) is 0 Å². The van der Waals surface area contributed by atoms with Gasteiger partial charge in [-0.05, 0) is 25.0 Å². The molecule has 1 amide bonds. The van der Waals surface area contributed by atoms with Gasteiger partial charge < -0.3 is 10.0 Å². The Morgan fingerprint density at radius 3 is 2.37 bits per heavy atom. The summed E-state index contributed by atoms with van der Waals surface area (Å²) in [6.07, 6.45) is 3.47. The molecule has 19 heavy (non-hydrogen) atoms. The molecule has 0 bridgehead atoms. The van der Waals surface area contributed by atoms with E-state index in [0.717, 1.165) is 11.1 Å². The summed E-state index contributed by atoms with van der Waals surface area (Å²) >= 11 is 0. The van der Waals surface area contributed by atoms with Gasteiger partial charge in [0.25, 0.3) is 0 Å². The summed E-state index contributed by atoms with van der Waals surface area (Å²) in [5.74, 6) is -1.29. The van der Waals surface area contributed by atoms with Crippen LogP contribution in [0.3, 0.4) is 0 Å². The van der Waals surface area contributed by atoms with E-state index in [0.29, 0.717) is 6.42 Å². The molecule has 1 N–H and O–H groups in total. The van der Waals surface area contributed by atoms with Crippen LogP contribution in [-0.2, 0) is 9.59 Å². The monoisotopic (exact) mass is 261 g/mol. The first-order valence-electron chi connectivity index (χ1n) is 6.20. The summed E-state index contributed by atoms with van der Waals surface area (Å²) in [5, 5.41) is 8.99. The molecule has 1 rings (SSSR count). The van der Waals surface area contributed by atoms with Gasteiger partial charge in [0.05, 0.1) is 0 Å². The fourth-order valence-corrected chi connectivity index (χ4v) is 1.73. The van der Waals surface area contributed by atoms with Gasteiger partial charge in [-0.2, -0.15) is 0 Å². The fraction of sp³-hybridized carbons (Fsp3) is 0.333. The molecule has 0 aliphatic heterocycles. The van der Waals surface area contributed by atoms with Crippen LogP contribution in [0, 0.1) is 6.92 Å². The number of carboxylic acids is 1. The van der Waals surface area contributed by atoms with Gasteiger partial charge in [0, 0.05) is 13.1 Å². The number of aliphatic carboxylic acids is 1. The van der Waals surface area contributed by atoms with Gasteiger partial charge in [0.2, 0.25) is 5.91 Å². The van der Waals surface area contributed by atoms with Gasteiger partial charge in [-0.15, -0.1) is 0 Å². The maximum atomic E-state index is 11.9. The highest BCUT2D eigenvalue weighted by atomic mass is 16.4. The Morgan fingerprint density at radius 2 is 1.89 bits per heavy atom. The number of likely N-dealkylation sites (N-methyl/N-ethyl adjacent to an activating group) is 1. The summed E-state index contributed by atoms with van der Waals surface area (Å²) in [7, 11) is 1.50. The van der Waals surface area contributed by atoms with Crippen molar-refractivity contribution < 1.29 is 14.7 Å². The van der Waals surface area contributed by atoms with Crippen molar-refractivity contribution >= 4 is 18.0 Å². The van der Waals surface area contributed by atoms with Crippen LogP contribution in [0.1, 0.15) is 24.5 Å². The third kappa shape index (κ3) is 4.25. The summed E-state index contributed by atoms with van der Waals surface area (Å²) in [6.45, 7) is 3.73. The van der Waals surface area contributed by atoms with Crippen LogP contribution in [0.2, 0.25) is 0 Å². The molecule has 1 aromatic carbocycles. The zero-order chi connectivity index (χ0) is 14.4. The predicted molar refractivity (Wildman–Crippen MR) is 74.7 cm³/mol. The lowest BCUT2D eigenvalue weighted by Crippen LogP contribution is -2.41. The lowest BCUT2D eigenvalue weighted by atomic mass is 10.1. The van der Waals surface area contributed by atoms with E-state index >= 15 is 0 Å². The fourth-order valence-electron chi connectivity index (χ4n) is 1.73. The molecule has 0 saturated heterocycles. The first kappa shape index (κ1) is 15.0. The van der Waals surface area contributed by atoms with Crippen molar-refractivity contribution in [1.82, 2.24) is 4.90 Å². The Bertz CT molecular complexity index is 477. The van der Waals surface area contributed by atoms with E-state index in [1.807, 2.05) is 31.2 Å². The van der Waals surface area contributed by atoms with Crippen molar-refractivity contribution in [3.05, 3.63) is 41.5 Å². The zero-order valence-corrected chi connectivity index (χ0v) is 11.5. The number of benzene rings is 1. The van der Waals surface area contributed by atoms with Crippen molar-refractivity contribution in [2.45, 2.75) is 26.3 Å². The van der Waals surface area contributed by atoms with E-state index in [4.69, 9.17) is 5.11 Å². The van der Waals surface area contributed by atoms with Crippen LogP contribution < -0.4 is 0 Å². The molecule has 0 aliphatic carbocycles. The van der Waals surface area contributed by atoms with E-state index in [1.54, 1.807) is 13.0 Å². The van der Waals surface area contributed by atoms with Crippen molar-refractivity contribution in [1.29, 1.82) is 0 Å². The summed E-state index contributed by atoms with van der Waals surface area (Å²) in [4.78, 5) is 24.1. The maximum absolute atomic E-state index is 11.9. The summed E-state index contributed by atoms with van der Waals surface area (Å²) in [5.41, 5.74) is 2.06. The van der Waals surface area contributed by atoms with Crippen LogP contribution >= 0.6 is 0 Å². The van der Waals surface area contributed by atoms with Gasteiger partial charge in [-0.3, -0.25) is 4.79 Å². The molecular formula is C15H19NO3. The second-order valence-electron chi connectivity index (χ2n) is 4.46. The Balaban J connectivity index is 2.73. The molecule has 4 heteroatoms. The van der Waals surface area contributed by atoms with Crippen molar-refractivity contribution in [2.75, 3.05) is 7.05 Å². The minimum Gasteiger partial charge on any atom is -0.480 e. The minimum atomic E-state index is -0.984. The Hall–Kier alpha value is -2.10. The molecule has 1 unspecified atom stereocenters. The van der Waals surface area contributed by atoms with Crippen LogP contribution in [-0.4, -0.2) is 35.0 Å². The van der Waals surface area contributed by atoms with Gasteiger partial charge >= 0.3 is 5.97 Å². The molecule has 0 spiro atoms. The molecule has 0 fully saturated rings. The standard InChI is InChI=1S/C15H19NO3/c1-4-13(15(18)19)16(3)14(17)10-9-12-7-5-11(2)6-8-12/h5-10,13H,4H2,1-3H3,(H,18,19). The van der Waals surface area contributed by atoms with E-state index < -0.39 is 12.0 Å². The van der Waals surface area contributed by atoms with Crippen LogP contribution in [0.5, 0.6) is 0 Å². The molecule has 1 atom stereocenters. The lowest BCUT2D eigenvalue weighted by Gasteiger charge is -2.22. The molecule has 1 aromatic rings. The topological polar surface area (TPSA) is 57.6 Å². The average Bonchev–Trinajstić information content (AvgIpc) is 2.38. The highest BCUT2D eigenvalue weighted by molar-refractivity contribution is 5.94. The quantitative estimate of drug-likeness (QED) is 0.828. The molecule has 4 nitrogen and oxygen atoms in total. The maximum Gasteiger partial charge on any atom is 0.326 e. The number of hydrogen-bond donors (Lipinski definition) is 1. The normalized spacial score (nSPS) is 12.4. The molecular weight excluding hydrogens is 242 g/mol. The van der Waals surface area contributed by atoms with Crippen molar-refractivity contribution in [2.24, 2.45) is 0 Å². The number of rotatable bonds is 5. The second-order valence-corrected chi connectivity index (χ2v) is 4.46. The molecule has 0 heterocycles. The summed E-state index contributed by atoms with van der Waals surface area (Å²) in [6, 6.07) is 6.95. The second kappa shape index (κ2) is 6.73. The highest BCUT2D eigenvalue weighted by Gasteiger charge is 2.22. The van der Waals surface area contributed by atoms with Crippen molar-refractivity contribution in [3.63, 3.8) is 0 Å². The number of carbonyl (C=O) groups excluding carboxylic acids is 1. The molecule has 0 aliphatic rings. The predicted octanol–water partition coefficient (Wildman–Crippen LogP) is 2.33. The molecule has 102 valence electrons. The number of hydrogen-bond acceptors (Lipinski definition) is 2. The summed E-state index contributed by atoms with van der Waals surface area (Å²) < 4.78 is 0. The number of aryl methyl sites for hydroxylation is 1. The van der Waals surface area contributed by atoms with Gasteiger partial charge in [-0.25, -0.2) is 4.79 Å². The lowest BCUT2D eigenvalue weighted by molar-refractivity contribution is -0.147. The zero-order valence-electron chi connectivity index (χ0n) is 11.5. The number of amides is 1. The molecule has 0 radical (unpaired) electrons. The van der Waals surface area contributed by atoms with Crippen LogP contribution in [0.15, 0.2) is 30.3 Å². The Morgan fingerprint density at radius 1 is 1.32 bits per heavy atom.